The average molecular weight is 342 g/mol. The minimum absolute atomic E-state index is 0.0387. The quantitative estimate of drug-likeness (QED) is 0.616. The summed E-state index contributed by atoms with van der Waals surface area (Å²) in [5.74, 6) is -1.80. The number of rotatable bonds is 8. The van der Waals surface area contributed by atoms with Gasteiger partial charge >= 0.3 is 5.97 Å². The lowest BCUT2D eigenvalue weighted by molar-refractivity contribution is -0.147. The lowest BCUT2D eigenvalue weighted by atomic mass is 10.2. The molecule has 0 saturated carbocycles. The summed E-state index contributed by atoms with van der Waals surface area (Å²) in [7, 11) is -3.80. The maximum Gasteiger partial charge on any atom is 0.325 e. The molecular weight excluding hydrogens is 324 g/mol. The fourth-order valence-electron chi connectivity index (χ4n) is 1.43. The van der Waals surface area contributed by atoms with Crippen molar-refractivity contribution in [3.8, 4) is 0 Å². The predicted octanol–water partition coefficient (Wildman–Crippen LogP) is -0.478. The SMILES string of the molecule is CC(=O)COC(=O)CNC(=O)CNS(=O)(=O)c1ccc(C)cc1. The minimum atomic E-state index is -3.80. The zero-order chi connectivity index (χ0) is 17.5. The van der Waals surface area contributed by atoms with Crippen LogP contribution in [0, 0.1) is 6.92 Å². The molecule has 0 fully saturated rings. The highest BCUT2D eigenvalue weighted by atomic mass is 32.2. The third-order valence-electron chi connectivity index (χ3n) is 2.62. The van der Waals surface area contributed by atoms with E-state index in [1.165, 1.54) is 19.1 Å². The van der Waals surface area contributed by atoms with E-state index in [4.69, 9.17) is 0 Å². The Bertz CT molecular complexity index is 682. The molecule has 0 unspecified atom stereocenters. The molecule has 0 heterocycles. The van der Waals surface area contributed by atoms with Crippen molar-refractivity contribution < 1.29 is 27.5 Å². The van der Waals surface area contributed by atoms with Crippen molar-refractivity contribution in [3.63, 3.8) is 0 Å². The Labute approximate surface area is 134 Å². The average Bonchev–Trinajstić information content (AvgIpc) is 2.49. The summed E-state index contributed by atoms with van der Waals surface area (Å²) < 4.78 is 30.5. The predicted molar refractivity (Wildman–Crippen MR) is 81.0 cm³/mol. The Kier molecular flexibility index (Phi) is 6.86. The van der Waals surface area contributed by atoms with E-state index in [0.717, 1.165) is 5.56 Å². The van der Waals surface area contributed by atoms with Crippen molar-refractivity contribution in [2.45, 2.75) is 18.7 Å². The van der Waals surface area contributed by atoms with Crippen LogP contribution in [0.2, 0.25) is 0 Å². The number of amides is 1. The van der Waals surface area contributed by atoms with E-state index in [0.29, 0.717) is 0 Å². The number of Topliss-reactive ketones (excluding diaryl/α,β-unsaturated/α-hetero) is 1. The Hall–Kier alpha value is -2.26. The Balaban J connectivity index is 2.42. The molecule has 0 aliphatic heterocycles. The molecule has 0 saturated heterocycles. The second-order valence-corrected chi connectivity index (χ2v) is 6.54. The molecule has 1 aromatic rings. The lowest BCUT2D eigenvalue weighted by Crippen LogP contribution is -2.39. The summed E-state index contributed by atoms with van der Waals surface area (Å²) in [6, 6.07) is 6.13. The molecule has 126 valence electrons. The van der Waals surface area contributed by atoms with Gasteiger partial charge in [0.2, 0.25) is 15.9 Å². The van der Waals surface area contributed by atoms with Crippen LogP contribution in [0.15, 0.2) is 29.2 Å². The molecule has 1 rings (SSSR count). The van der Waals surface area contributed by atoms with Crippen LogP contribution in [-0.2, 0) is 29.1 Å². The van der Waals surface area contributed by atoms with E-state index in [9.17, 15) is 22.8 Å². The third-order valence-corrected chi connectivity index (χ3v) is 4.04. The number of hydrogen-bond donors (Lipinski definition) is 2. The highest BCUT2D eigenvalue weighted by Gasteiger charge is 2.15. The van der Waals surface area contributed by atoms with E-state index < -0.39 is 35.0 Å². The van der Waals surface area contributed by atoms with Gasteiger partial charge in [0.15, 0.2) is 5.78 Å². The second kappa shape index (κ2) is 8.39. The van der Waals surface area contributed by atoms with Crippen LogP contribution < -0.4 is 10.0 Å². The first kappa shape index (κ1) is 18.8. The fraction of sp³-hybridized carbons (Fsp3) is 0.357. The summed E-state index contributed by atoms with van der Waals surface area (Å²) in [5.41, 5.74) is 0.908. The van der Waals surface area contributed by atoms with Crippen molar-refractivity contribution in [3.05, 3.63) is 29.8 Å². The van der Waals surface area contributed by atoms with Gasteiger partial charge < -0.3 is 10.1 Å². The Morgan fingerprint density at radius 1 is 1.09 bits per heavy atom. The highest BCUT2D eigenvalue weighted by Crippen LogP contribution is 2.09. The second-order valence-electron chi connectivity index (χ2n) is 4.78. The van der Waals surface area contributed by atoms with Gasteiger partial charge in [-0.05, 0) is 26.0 Å². The van der Waals surface area contributed by atoms with Gasteiger partial charge in [-0.2, -0.15) is 0 Å². The number of carbonyl (C=O) groups is 3. The Morgan fingerprint density at radius 2 is 1.70 bits per heavy atom. The number of sulfonamides is 1. The van der Waals surface area contributed by atoms with Crippen LogP contribution in [0.1, 0.15) is 12.5 Å². The van der Waals surface area contributed by atoms with E-state index in [1.807, 2.05) is 6.92 Å². The van der Waals surface area contributed by atoms with Crippen molar-refractivity contribution in [1.29, 1.82) is 0 Å². The zero-order valence-corrected chi connectivity index (χ0v) is 13.6. The first-order valence-electron chi connectivity index (χ1n) is 6.69. The van der Waals surface area contributed by atoms with Crippen LogP contribution in [0.25, 0.3) is 0 Å². The number of hydrogen-bond acceptors (Lipinski definition) is 6. The first-order chi connectivity index (χ1) is 10.7. The maximum atomic E-state index is 11.9. The zero-order valence-electron chi connectivity index (χ0n) is 12.8. The number of nitrogens with one attached hydrogen (secondary N) is 2. The van der Waals surface area contributed by atoms with Crippen molar-refractivity contribution in [2.24, 2.45) is 0 Å². The van der Waals surface area contributed by atoms with E-state index in [-0.39, 0.29) is 17.3 Å². The maximum absolute atomic E-state index is 11.9. The molecule has 0 aliphatic carbocycles. The van der Waals surface area contributed by atoms with Gasteiger partial charge in [-0.25, -0.2) is 13.1 Å². The summed E-state index contributed by atoms with van der Waals surface area (Å²) in [4.78, 5) is 33.3. The van der Waals surface area contributed by atoms with Gasteiger partial charge in [0.25, 0.3) is 0 Å². The highest BCUT2D eigenvalue weighted by molar-refractivity contribution is 7.89. The summed E-state index contributed by atoms with van der Waals surface area (Å²) in [5, 5.41) is 2.19. The molecule has 0 aliphatic rings. The first-order valence-corrected chi connectivity index (χ1v) is 8.17. The largest absolute Gasteiger partial charge is 0.456 e. The van der Waals surface area contributed by atoms with E-state index >= 15 is 0 Å². The van der Waals surface area contributed by atoms with Gasteiger partial charge in [-0.1, -0.05) is 17.7 Å². The number of ether oxygens (including phenoxy) is 1. The number of benzene rings is 1. The van der Waals surface area contributed by atoms with Crippen LogP contribution in [0.5, 0.6) is 0 Å². The smallest absolute Gasteiger partial charge is 0.325 e. The number of aryl methyl sites for hydroxylation is 1. The third kappa shape index (κ3) is 7.02. The van der Waals surface area contributed by atoms with Crippen LogP contribution in [-0.4, -0.2) is 45.8 Å². The van der Waals surface area contributed by atoms with Crippen LogP contribution in [0.4, 0.5) is 0 Å². The monoisotopic (exact) mass is 342 g/mol. The molecule has 23 heavy (non-hydrogen) atoms. The van der Waals surface area contributed by atoms with E-state index in [2.05, 4.69) is 14.8 Å². The molecule has 9 heteroatoms. The number of carbonyl (C=O) groups excluding carboxylic acids is 3. The standard InChI is InChI=1S/C14H18N2O6S/c1-10-3-5-12(6-4-10)23(20,21)16-7-13(18)15-8-14(19)22-9-11(2)17/h3-6,16H,7-9H2,1-2H3,(H,15,18). The lowest BCUT2D eigenvalue weighted by Gasteiger charge is -2.08. The van der Waals surface area contributed by atoms with Gasteiger partial charge in [0.05, 0.1) is 11.4 Å². The van der Waals surface area contributed by atoms with Crippen molar-refractivity contribution in [2.75, 3.05) is 19.7 Å². The number of esters is 1. The molecule has 0 bridgehead atoms. The minimum Gasteiger partial charge on any atom is -0.456 e. The molecule has 1 amide bonds. The van der Waals surface area contributed by atoms with E-state index in [1.54, 1.807) is 12.1 Å². The Morgan fingerprint density at radius 3 is 2.26 bits per heavy atom. The van der Waals surface area contributed by atoms with Gasteiger partial charge in [-0.3, -0.25) is 14.4 Å². The van der Waals surface area contributed by atoms with Crippen molar-refractivity contribution in [1.82, 2.24) is 10.0 Å². The molecule has 8 nitrogen and oxygen atoms in total. The summed E-state index contributed by atoms with van der Waals surface area (Å²) in [6.07, 6.45) is 0. The van der Waals surface area contributed by atoms with Gasteiger partial charge in [0, 0.05) is 0 Å². The summed E-state index contributed by atoms with van der Waals surface area (Å²) >= 11 is 0. The molecule has 0 atom stereocenters. The number of ketones is 1. The molecular formula is C14H18N2O6S. The molecule has 1 aromatic carbocycles. The van der Waals surface area contributed by atoms with Gasteiger partial charge in [-0.15, -0.1) is 0 Å². The van der Waals surface area contributed by atoms with Crippen molar-refractivity contribution >= 4 is 27.7 Å². The normalized spacial score (nSPS) is 10.9. The summed E-state index contributed by atoms with van der Waals surface area (Å²) in [6.45, 7) is 1.75. The topological polar surface area (TPSA) is 119 Å². The van der Waals surface area contributed by atoms with Gasteiger partial charge in [0.1, 0.15) is 13.2 Å². The molecule has 0 aromatic heterocycles. The molecule has 0 radical (unpaired) electrons. The van der Waals surface area contributed by atoms with Crippen LogP contribution in [0.3, 0.4) is 0 Å². The fourth-order valence-corrected chi connectivity index (χ4v) is 2.41. The van der Waals surface area contributed by atoms with Crippen LogP contribution >= 0.6 is 0 Å². The molecule has 0 spiro atoms. The molecule has 2 N–H and O–H groups in total.